The largest absolute Gasteiger partial charge is 0.453 e. The number of imidazole rings is 2. The number of nitrogens with one attached hydrogen (secondary N) is 3. The van der Waals surface area contributed by atoms with Crippen LogP contribution >= 0.6 is 0 Å². The maximum Gasteiger partial charge on any atom is 0.407 e. The Labute approximate surface area is 346 Å². The maximum absolute atomic E-state index is 14.2. The van der Waals surface area contributed by atoms with Gasteiger partial charge in [0.1, 0.15) is 23.7 Å². The lowest BCUT2D eigenvalue weighted by Crippen LogP contribution is -2.51. The van der Waals surface area contributed by atoms with E-state index < -0.39 is 12.1 Å². The van der Waals surface area contributed by atoms with Gasteiger partial charge in [0.2, 0.25) is 11.8 Å². The van der Waals surface area contributed by atoms with E-state index in [1.54, 1.807) is 6.20 Å². The molecule has 0 saturated carbocycles. The van der Waals surface area contributed by atoms with E-state index in [-0.39, 0.29) is 35.9 Å². The molecule has 0 spiro atoms. The maximum atomic E-state index is 14.2. The van der Waals surface area contributed by atoms with E-state index in [1.165, 1.54) is 7.11 Å². The molecule has 2 aromatic heterocycles. The number of likely N-dealkylation sites (N-methyl/N-ethyl adjacent to an activating group) is 1. The molecule has 0 radical (unpaired) electrons. The number of alkyl carbamates (subject to hydrolysis) is 1. The summed E-state index contributed by atoms with van der Waals surface area (Å²) in [6.45, 7) is 10.9. The Morgan fingerprint density at radius 2 is 1.25 bits per heavy atom. The van der Waals surface area contributed by atoms with Crippen molar-refractivity contribution in [2.75, 3.05) is 33.3 Å². The second kappa shape index (κ2) is 18.6. The highest BCUT2D eigenvalue weighted by Gasteiger charge is 2.39. The SMILES string of the molecule is CCN(CC)[C@@H](C(=O)N1CCC[C@H]1c1ncc(-c2ccc(C#Cc3ccc(-c4cnc([C@@H]5CCCN5C(=O)[C@@H](NC(=O)OC)C(C)C)[nH]4)cc3)cc2)[nH]1)c1ccccc1. The zero-order valence-corrected chi connectivity index (χ0v) is 34.6. The second-order valence-electron chi connectivity index (χ2n) is 15.5. The van der Waals surface area contributed by atoms with Gasteiger partial charge >= 0.3 is 6.09 Å². The van der Waals surface area contributed by atoms with Gasteiger partial charge in [-0.25, -0.2) is 14.8 Å². The Morgan fingerprint density at radius 1 is 0.763 bits per heavy atom. The number of aromatic nitrogens is 4. The fourth-order valence-corrected chi connectivity index (χ4v) is 8.31. The van der Waals surface area contributed by atoms with Gasteiger partial charge in [-0.15, -0.1) is 0 Å². The molecule has 3 aromatic carbocycles. The molecule has 2 fully saturated rings. The average Bonchev–Trinajstić information content (AvgIpc) is 4.11. The van der Waals surface area contributed by atoms with Crippen LogP contribution in [0.2, 0.25) is 0 Å². The summed E-state index contributed by atoms with van der Waals surface area (Å²) in [7, 11) is 1.29. The predicted octanol–water partition coefficient (Wildman–Crippen LogP) is 7.66. The lowest BCUT2D eigenvalue weighted by Gasteiger charge is -2.34. The van der Waals surface area contributed by atoms with Crippen molar-refractivity contribution >= 4 is 17.9 Å². The molecular formula is C47H54N8O4. The number of hydrogen-bond donors (Lipinski definition) is 3. The first-order valence-electron chi connectivity index (χ1n) is 20.8. The van der Waals surface area contributed by atoms with Crippen LogP contribution in [0.4, 0.5) is 4.79 Å². The standard InChI is InChI=1S/C47H54N8O4/c1-6-53(7-2)42(36-13-9-8-10-14-36)46(57)55-28-12-16-40(55)44-49-30-38(51-44)35-25-21-33(22-26-35)18-17-32-19-23-34(24-20-32)37-29-48-43(50-37)39-15-11-27-54(39)45(56)41(31(3)4)52-47(58)59-5/h8-10,13-14,19-26,29-31,39-42H,6-7,11-12,15-16,27-28H2,1-5H3,(H,48,50)(H,49,51)(H,52,58)/t39-,40-,41-,42+/m0/s1. The summed E-state index contributed by atoms with van der Waals surface area (Å²) >= 11 is 0. The molecule has 3 N–H and O–H groups in total. The summed E-state index contributed by atoms with van der Waals surface area (Å²) in [5.41, 5.74) is 6.52. The van der Waals surface area contributed by atoms with Crippen molar-refractivity contribution in [1.29, 1.82) is 0 Å². The second-order valence-corrected chi connectivity index (χ2v) is 15.5. The summed E-state index contributed by atoms with van der Waals surface area (Å²) in [6, 6.07) is 24.9. The number of ether oxygens (including phenoxy) is 1. The van der Waals surface area contributed by atoms with Gasteiger partial charge in [0, 0.05) is 24.2 Å². The van der Waals surface area contributed by atoms with Crippen molar-refractivity contribution in [3.8, 4) is 34.4 Å². The number of rotatable bonds is 12. The van der Waals surface area contributed by atoms with Crippen molar-refractivity contribution in [3.05, 3.63) is 120 Å². The molecule has 0 bridgehead atoms. The summed E-state index contributed by atoms with van der Waals surface area (Å²) in [6.07, 6.45) is 6.48. The molecule has 59 heavy (non-hydrogen) atoms. The topological polar surface area (TPSA) is 140 Å². The Balaban J connectivity index is 0.983. The van der Waals surface area contributed by atoms with E-state index >= 15 is 0 Å². The number of likely N-dealkylation sites (tertiary alicyclic amines) is 2. The quantitative estimate of drug-likeness (QED) is 0.110. The number of aromatic amines is 2. The molecular weight excluding hydrogens is 741 g/mol. The molecule has 306 valence electrons. The van der Waals surface area contributed by atoms with E-state index in [4.69, 9.17) is 9.72 Å². The predicted molar refractivity (Wildman–Crippen MR) is 228 cm³/mol. The van der Waals surface area contributed by atoms with Gasteiger partial charge in [0.05, 0.1) is 43.0 Å². The van der Waals surface area contributed by atoms with E-state index in [0.29, 0.717) is 13.1 Å². The molecule has 4 atom stereocenters. The number of nitrogens with zero attached hydrogens (tertiary/aromatic N) is 5. The van der Waals surface area contributed by atoms with Crippen LogP contribution < -0.4 is 5.32 Å². The van der Waals surface area contributed by atoms with Crippen LogP contribution in [-0.4, -0.2) is 91.9 Å². The molecule has 2 aliphatic heterocycles. The lowest BCUT2D eigenvalue weighted by molar-refractivity contribution is -0.138. The van der Waals surface area contributed by atoms with Crippen LogP contribution in [-0.2, 0) is 14.3 Å². The first-order valence-corrected chi connectivity index (χ1v) is 20.8. The normalized spacial score (nSPS) is 17.5. The Hall–Kier alpha value is -6.19. The van der Waals surface area contributed by atoms with E-state index in [9.17, 15) is 14.4 Å². The van der Waals surface area contributed by atoms with Gasteiger partial charge in [-0.2, -0.15) is 0 Å². The third-order valence-electron chi connectivity index (χ3n) is 11.6. The number of H-pyrrole nitrogens is 2. The number of carbonyl (C=O) groups excluding carboxylic acids is 3. The minimum atomic E-state index is -0.682. The number of amides is 3. The van der Waals surface area contributed by atoms with Crippen LogP contribution in [0.3, 0.4) is 0 Å². The van der Waals surface area contributed by atoms with Crippen LogP contribution in [0.15, 0.2) is 91.3 Å². The summed E-state index contributed by atoms with van der Waals surface area (Å²) in [5, 5.41) is 2.70. The Bertz CT molecular complexity index is 2270. The fraction of sp³-hybridized carbons (Fsp3) is 0.383. The number of methoxy groups -OCH3 is 1. The zero-order chi connectivity index (χ0) is 41.5. The molecule has 0 aliphatic carbocycles. The molecule has 3 amide bonds. The summed E-state index contributed by atoms with van der Waals surface area (Å²) in [5.74, 6) is 7.99. The van der Waals surface area contributed by atoms with E-state index in [1.807, 2.05) is 96.6 Å². The summed E-state index contributed by atoms with van der Waals surface area (Å²) < 4.78 is 4.76. The number of carbonyl (C=O) groups is 3. The van der Waals surface area contributed by atoms with Crippen molar-refractivity contribution < 1.29 is 19.1 Å². The van der Waals surface area contributed by atoms with Crippen molar-refractivity contribution in [2.45, 2.75) is 77.5 Å². The first kappa shape index (κ1) is 41.0. The molecule has 2 saturated heterocycles. The van der Waals surface area contributed by atoms with Crippen molar-refractivity contribution in [1.82, 2.24) is 40.0 Å². The Morgan fingerprint density at radius 3 is 1.71 bits per heavy atom. The highest BCUT2D eigenvalue weighted by Crippen LogP contribution is 2.36. The van der Waals surface area contributed by atoms with Crippen LogP contribution in [0.25, 0.3) is 22.5 Å². The fourth-order valence-electron chi connectivity index (χ4n) is 8.31. The lowest BCUT2D eigenvalue weighted by atomic mass is 10.0. The highest BCUT2D eigenvalue weighted by atomic mass is 16.5. The van der Waals surface area contributed by atoms with Crippen LogP contribution in [0.1, 0.15) is 99.8 Å². The average molecular weight is 795 g/mol. The van der Waals surface area contributed by atoms with Crippen molar-refractivity contribution in [2.24, 2.45) is 5.92 Å². The molecule has 7 rings (SSSR count). The van der Waals surface area contributed by atoms with Crippen LogP contribution in [0.5, 0.6) is 0 Å². The van der Waals surface area contributed by atoms with E-state index in [0.717, 1.165) is 89.6 Å². The molecule has 5 aromatic rings. The number of benzene rings is 3. The molecule has 2 aliphatic rings. The third-order valence-corrected chi connectivity index (χ3v) is 11.6. The smallest absolute Gasteiger partial charge is 0.407 e. The monoisotopic (exact) mass is 794 g/mol. The molecule has 12 heteroatoms. The molecule has 4 heterocycles. The summed E-state index contributed by atoms with van der Waals surface area (Å²) in [4.78, 5) is 62.1. The van der Waals surface area contributed by atoms with E-state index in [2.05, 4.69) is 63.0 Å². The number of hydrogen-bond acceptors (Lipinski definition) is 7. The minimum absolute atomic E-state index is 0.0981. The molecule has 12 nitrogen and oxygen atoms in total. The van der Waals surface area contributed by atoms with Gasteiger partial charge in [0.25, 0.3) is 0 Å². The highest BCUT2D eigenvalue weighted by molar-refractivity contribution is 5.86. The van der Waals surface area contributed by atoms with Gasteiger partial charge in [-0.3, -0.25) is 14.5 Å². The van der Waals surface area contributed by atoms with Crippen molar-refractivity contribution in [3.63, 3.8) is 0 Å². The van der Waals surface area contributed by atoms with Gasteiger partial charge < -0.3 is 29.8 Å². The van der Waals surface area contributed by atoms with Crippen LogP contribution in [0, 0.1) is 17.8 Å². The molecule has 0 unspecified atom stereocenters. The first-order chi connectivity index (χ1) is 28.7. The Kier molecular flexibility index (Phi) is 12.9. The zero-order valence-electron chi connectivity index (χ0n) is 34.6. The van der Waals surface area contributed by atoms with Gasteiger partial charge in [0.15, 0.2) is 0 Å². The third kappa shape index (κ3) is 9.11. The minimum Gasteiger partial charge on any atom is -0.453 e. The van der Waals surface area contributed by atoms with Gasteiger partial charge in [-0.05, 0) is 85.6 Å². The van der Waals surface area contributed by atoms with Gasteiger partial charge in [-0.1, -0.05) is 94.1 Å².